The molecule has 152 valence electrons. The van der Waals surface area contributed by atoms with Crippen molar-refractivity contribution < 1.29 is 28.8 Å². The summed E-state index contributed by atoms with van der Waals surface area (Å²) in [7, 11) is -12.4. The first kappa shape index (κ1) is 22.1. The first-order valence-electron chi connectivity index (χ1n) is 8.35. The summed E-state index contributed by atoms with van der Waals surface area (Å²) in [5, 5.41) is 0. The molecule has 0 spiro atoms. The van der Waals surface area contributed by atoms with Gasteiger partial charge < -0.3 is 0 Å². The number of nitrogens with zero attached hydrogens (tertiary/aromatic N) is 3. The molecule has 0 aliphatic carbocycles. The van der Waals surface area contributed by atoms with Crippen LogP contribution in [-0.4, -0.2) is 53.3 Å². The Labute approximate surface area is 153 Å². The molecule has 0 aromatic rings. The van der Waals surface area contributed by atoms with Gasteiger partial charge >= 0.3 is 40.9 Å². The summed E-state index contributed by atoms with van der Waals surface area (Å²) in [6, 6.07) is 0. The quantitative estimate of drug-likeness (QED) is 0.330. The van der Waals surface area contributed by atoms with Gasteiger partial charge in [0.2, 0.25) is 0 Å². The van der Waals surface area contributed by atoms with Crippen molar-refractivity contribution in [3.8, 4) is 0 Å². The van der Waals surface area contributed by atoms with E-state index in [1.165, 1.54) is 77.8 Å². The molecule has 4 nitrogen and oxygen atoms in total. The predicted octanol–water partition coefficient (Wildman–Crippen LogP) is 6.66. The molecule has 3 heterocycles. The second-order valence-electron chi connectivity index (χ2n) is 6.52. The topological polar surface area (TPSA) is 19.0 Å². The molecule has 0 aromatic heterocycles. The average Bonchev–Trinajstić information content (AvgIpc) is 3.22. The molecule has 0 amide bonds. The van der Waals surface area contributed by atoms with Crippen LogP contribution in [0.2, 0.25) is 0 Å². The Kier molecular flexibility index (Phi) is 6.44. The van der Waals surface area contributed by atoms with E-state index in [1.54, 1.807) is 0 Å². The fourth-order valence-electron chi connectivity index (χ4n) is 3.55. The van der Waals surface area contributed by atoms with Crippen LogP contribution >= 0.6 is 32.0 Å². The molecule has 3 rings (SSSR count). The number of hydrogen-bond donors (Lipinski definition) is 0. The van der Waals surface area contributed by atoms with Crippen molar-refractivity contribution in [2.75, 3.05) is 39.3 Å². The third kappa shape index (κ3) is 7.01. The van der Waals surface area contributed by atoms with Crippen LogP contribution in [-0.2, 0) is 3.62 Å². The van der Waals surface area contributed by atoms with Gasteiger partial charge in [0.05, 0.1) is 0 Å². The molecule has 0 N–H and O–H groups in total. The van der Waals surface area contributed by atoms with Crippen LogP contribution in [0.5, 0.6) is 0 Å². The minimum absolute atomic E-state index is 1.21. The normalized spacial score (nSPS) is 27.0. The molecule has 0 aromatic carbocycles. The molecule has 0 radical (unpaired) electrons. The van der Waals surface area contributed by atoms with Gasteiger partial charge in [-0.1, -0.05) is 0 Å². The van der Waals surface area contributed by atoms with Gasteiger partial charge in [0, 0.05) is 39.3 Å². The van der Waals surface area contributed by atoms with E-state index in [2.05, 4.69) is 30.3 Å². The first-order valence-corrected chi connectivity index (χ1v) is 12.6. The second-order valence-corrected chi connectivity index (χ2v) is 12.2. The zero-order valence-electron chi connectivity index (χ0n) is 13.8. The summed E-state index contributed by atoms with van der Waals surface area (Å²) >= 11 is 3.43. The van der Waals surface area contributed by atoms with Crippen LogP contribution < -0.4 is 0 Å². The molecule has 3 saturated heterocycles. The average molecular weight is 482 g/mol. The van der Waals surface area contributed by atoms with Crippen molar-refractivity contribution >= 4 is 32.0 Å². The molecule has 0 unspecified atom stereocenters. The number of halogens is 7. The van der Waals surface area contributed by atoms with E-state index in [0.717, 1.165) is 0 Å². The maximum absolute atomic E-state index is 10.7. The molecule has 3 aliphatic heterocycles. The van der Waals surface area contributed by atoms with Crippen LogP contribution in [0.3, 0.4) is 0 Å². The van der Waals surface area contributed by atoms with Gasteiger partial charge in [-0.15, -0.1) is 17.6 Å². The Bertz CT molecular complexity index is 398. The zero-order valence-corrected chi connectivity index (χ0v) is 17.2. The van der Waals surface area contributed by atoms with E-state index in [0.29, 0.717) is 0 Å². The molecular weight excluding hydrogens is 458 g/mol. The fraction of sp³-hybridized carbons (Fsp3) is 1.00. The first-order chi connectivity index (χ1) is 11.3. The molecule has 0 saturated carbocycles. The summed E-state index contributed by atoms with van der Waals surface area (Å²) < 4.78 is 73.2. The zero-order chi connectivity index (χ0) is 18.8. The number of rotatable bonds is 4. The van der Waals surface area contributed by atoms with E-state index < -0.39 is 15.8 Å². The molecular formula is C12H24BrF6N3OP2. The van der Waals surface area contributed by atoms with E-state index >= 15 is 0 Å². The van der Waals surface area contributed by atoms with E-state index in [-0.39, 0.29) is 0 Å². The van der Waals surface area contributed by atoms with Crippen LogP contribution in [0, 0.1) is 0 Å². The minimum atomic E-state index is -10.7. The fourth-order valence-corrected chi connectivity index (χ4v) is 8.95. The van der Waals surface area contributed by atoms with E-state index in [4.69, 9.17) is 3.62 Å². The standard InChI is InChI=1S/C12H24BrN3OP.F6P/c13-17-18(14-7-1-2-8-14,15-9-3-4-10-15)16-11-5-6-12-16;1-7(2,3,4,5)6/h1-12H2;/q+1;-1. The third-order valence-corrected chi connectivity index (χ3v) is 9.21. The Balaban J connectivity index is 0.000000277. The van der Waals surface area contributed by atoms with Gasteiger partial charge in [-0.2, -0.15) is 0 Å². The Morgan fingerprint density at radius 3 is 0.960 bits per heavy atom. The maximum atomic E-state index is 9.87. The van der Waals surface area contributed by atoms with Crippen LogP contribution in [0.1, 0.15) is 38.5 Å². The summed E-state index contributed by atoms with van der Waals surface area (Å²) in [4.78, 5) is 0. The summed E-state index contributed by atoms with van der Waals surface area (Å²) in [6.07, 6.45) is 8.00. The number of hydrogen-bond acceptors (Lipinski definition) is 4. The Morgan fingerprint density at radius 1 is 0.600 bits per heavy atom. The predicted molar refractivity (Wildman–Crippen MR) is 92.9 cm³/mol. The molecule has 25 heavy (non-hydrogen) atoms. The van der Waals surface area contributed by atoms with E-state index in [1.807, 2.05) is 0 Å². The van der Waals surface area contributed by atoms with Crippen molar-refractivity contribution in [3.05, 3.63) is 0 Å². The van der Waals surface area contributed by atoms with E-state index in [9.17, 15) is 25.2 Å². The second kappa shape index (κ2) is 7.30. The van der Waals surface area contributed by atoms with Crippen LogP contribution in [0.15, 0.2) is 0 Å². The third-order valence-electron chi connectivity index (χ3n) is 4.45. The molecule has 3 aliphatic rings. The molecule has 0 atom stereocenters. The summed E-state index contributed by atoms with van der Waals surface area (Å²) in [5.74, 6) is 0. The van der Waals surface area contributed by atoms with Gasteiger partial charge in [-0.05, 0) is 38.5 Å². The van der Waals surface area contributed by atoms with Gasteiger partial charge in [0.1, 0.15) is 0 Å². The Hall–Kier alpha value is 0.760. The molecule has 13 heteroatoms. The van der Waals surface area contributed by atoms with Crippen molar-refractivity contribution in [2.45, 2.75) is 38.5 Å². The van der Waals surface area contributed by atoms with Gasteiger partial charge in [0.25, 0.3) is 0 Å². The van der Waals surface area contributed by atoms with Crippen LogP contribution in [0.4, 0.5) is 25.2 Å². The van der Waals surface area contributed by atoms with Crippen molar-refractivity contribution in [2.24, 2.45) is 0 Å². The van der Waals surface area contributed by atoms with Gasteiger partial charge in [0.15, 0.2) is 16.3 Å². The summed E-state index contributed by atoms with van der Waals surface area (Å²) in [5.41, 5.74) is 0. The van der Waals surface area contributed by atoms with Crippen LogP contribution in [0.25, 0.3) is 0 Å². The van der Waals surface area contributed by atoms with Crippen molar-refractivity contribution in [1.82, 2.24) is 14.0 Å². The van der Waals surface area contributed by atoms with Crippen molar-refractivity contribution in [1.29, 1.82) is 0 Å². The monoisotopic (exact) mass is 481 g/mol. The molecule has 3 fully saturated rings. The van der Waals surface area contributed by atoms with Crippen molar-refractivity contribution in [3.63, 3.8) is 0 Å². The Morgan fingerprint density at radius 2 is 0.800 bits per heavy atom. The van der Waals surface area contributed by atoms with Gasteiger partial charge in [-0.25, -0.2) is 0 Å². The van der Waals surface area contributed by atoms with Gasteiger partial charge in [-0.3, -0.25) is 0 Å². The summed E-state index contributed by atoms with van der Waals surface area (Å²) in [6.45, 7) is 7.29. The molecule has 0 bridgehead atoms. The SMILES string of the molecule is BrO[P+](N1CCCC1)(N1CCCC1)N1CCCC1.F[P-](F)(F)(F)(F)F.